The molecule has 9 heteroatoms. The SMILES string of the molecule is O=C(CSc1nnc(-c2cccs2)n1CC1CCCO1)NC1CCN(Cc2ccccc2)C1. The number of benzene rings is 1. The van der Waals surface area contributed by atoms with Crippen LogP contribution in [0, 0.1) is 0 Å². The Labute approximate surface area is 202 Å². The van der Waals surface area contributed by atoms with Crippen LogP contribution in [0.1, 0.15) is 24.8 Å². The molecular formula is C24H29N5O2S2. The van der Waals surface area contributed by atoms with Crippen LogP contribution < -0.4 is 5.32 Å². The Bertz CT molecular complexity index is 1030. The second-order valence-electron chi connectivity index (χ2n) is 8.59. The van der Waals surface area contributed by atoms with Crippen molar-refractivity contribution in [2.75, 3.05) is 25.4 Å². The van der Waals surface area contributed by atoms with Gasteiger partial charge in [-0.05, 0) is 36.3 Å². The number of ether oxygens (including phenoxy) is 1. The number of aromatic nitrogens is 3. The molecule has 1 amide bonds. The first-order valence-corrected chi connectivity index (χ1v) is 13.4. The fraction of sp³-hybridized carbons (Fsp3) is 0.458. The van der Waals surface area contributed by atoms with E-state index in [0.29, 0.717) is 5.75 Å². The summed E-state index contributed by atoms with van der Waals surface area (Å²) < 4.78 is 7.98. The molecule has 174 valence electrons. The summed E-state index contributed by atoms with van der Waals surface area (Å²) in [5.74, 6) is 1.25. The molecule has 0 aliphatic carbocycles. The highest BCUT2D eigenvalue weighted by atomic mass is 32.2. The first-order chi connectivity index (χ1) is 16.2. The molecule has 1 N–H and O–H groups in total. The van der Waals surface area contributed by atoms with Crippen molar-refractivity contribution in [3.8, 4) is 10.7 Å². The van der Waals surface area contributed by atoms with E-state index in [9.17, 15) is 4.79 Å². The third-order valence-corrected chi connectivity index (χ3v) is 7.92. The summed E-state index contributed by atoms with van der Waals surface area (Å²) in [5, 5.41) is 14.9. The smallest absolute Gasteiger partial charge is 0.230 e. The molecule has 2 saturated heterocycles. The predicted octanol–water partition coefficient (Wildman–Crippen LogP) is 3.67. The maximum absolute atomic E-state index is 12.7. The van der Waals surface area contributed by atoms with Gasteiger partial charge in [-0.15, -0.1) is 21.5 Å². The third-order valence-electron chi connectivity index (χ3n) is 6.09. The number of carbonyl (C=O) groups excluding carboxylic acids is 1. The Morgan fingerprint density at radius 1 is 1.18 bits per heavy atom. The summed E-state index contributed by atoms with van der Waals surface area (Å²) >= 11 is 3.11. The Kier molecular flexibility index (Phi) is 7.40. The lowest BCUT2D eigenvalue weighted by molar-refractivity contribution is -0.119. The fourth-order valence-corrected chi connectivity index (χ4v) is 5.95. The zero-order chi connectivity index (χ0) is 22.5. The fourth-order valence-electron chi connectivity index (χ4n) is 4.48. The Morgan fingerprint density at radius 3 is 2.88 bits per heavy atom. The number of amides is 1. The van der Waals surface area contributed by atoms with E-state index in [-0.39, 0.29) is 18.1 Å². The zero-order valence-corrected chi connectivity index (χ0v) is 20.2. The van der Waals surface area contributed by atoms with Crippen molar-refractivity contribution < 1.29 is 9.53 Å². The molecular weight excluding hydrogens is 454 g/mol. The van der Waals surface area contributed by atoms with Crippen LogP contribution in [-0.4, -0.2) is 63.2 Å². The lowest BCUT2D eigenvalue weighted by Gasteiger charge is -2.17. The number of rotatable bonds is 9. The van der Waals surface area contributed by atoms with Crippen molar-refractivity contribution in [3.63, 3.8) is 0 Å². The van der Waals surface area contributed by atoms with Crippen LogP contribution in [-0.2, 0) is 22.6 Å². The minimum Gasteiger partial charge on any atom is -0.376 e. The van der Waals surface area contributed by atoms with Crippen LogP contribution in [0.15, 0.2) is 53.0 Å². The summed E-state index contributed by atoms with van der Waals surface area (Å²) in [4.78, 5) is 16.2. The number of hydrogen-bond donors (Lipinski definition) is 1. The second-order valence-corrected chi connectivity index (χ2v) is 10.5. The van der Waals surface area contributed by atoms with Gasteiger partial charge in [-0.1, -0.05) is 48.2 Å². The van der Waals surface area contributed by atoms with Crippen molar-refractivity contribution in [3.05, 3.63) is 53.4 Å². The second kappa shape index (κ2) is 10.8. The highest BCUT2D eigenvalue weighted by Crippen LogP contribution is 2.29. The largest absolute Gasteiger partial charge is 0.376 e. The number of thiophene rings is 1. The van der Waals surface area contributed by atoms with Gasteiger partial charge >= 0.3 is 0 Å². The molecule has 5 rings (SSSR count). The van der Waals surface area contributed by atoms with Crippen molar-refractivity contribution >= 4 is 29.0 Å². The molecule has 7 nitrogen and oxygen atoms in total. The van der Waals surface area contributed by atoms with Gasteiger partial charge < -0.3 is 10.1 Å². The number of nitrogens with zero attached hydrogens (tertiary/aromatic N) is 4. The van der Waals surface area contributed by atoms with Gasteiger partial charge in [0.05, 0.1) is 23.3 Å². The summed E-state index contributed by atoms with van der Waals surface area (Å²) in [6.45, 7) is 4.37. The lowest BCUT2D eigenvalue weighted by Crippen LogP contribution is -2.38. The monoisotopic (exact) mass is 483 g/mol. The Balaban J connectivity index is 1.16. The van der Waals surface area contributed by atoms with Gasteiger partial charge in [0.1, 0.15) is 0 Å². The van der Waals surface area contributed by atoms with E-state index in [0.717, 1.165) is 67.9 Å². The average molecular weight is 484 g/mol. The third kappa shape index (κ3) is 5.84. The maximum atomic E-state index is 12.7. The van der Waals surface area contributed by atoms with Gasteiger partial charge in [-0.3, -0.25) is 14.3 Å². The number of thioether (sulfide) groups is 1. The van der Waals surface area contributed by atoms with E-state index in [1.165, 1.54) is 17.3 Å². The lowest BCUT2D eigenvalue weighted by atomic mass is 10.2. The standard InChI is InChI=1S/C24H29N5O2S2/c30-22(25-19-10-11-28(15-19)14-18-6-2-1-3-7-18)17-33-24-27-26-23(21-9-5-13-32-21)29(24)16-20-8-4-12-31-20/h1-3,5-7,9,13,19-20H,4,8,10-12,14-17H2,(H,25,30). The highest BCUT2D eigenvalue weighted by molar-refractivity contribution is 7.99. The van der Waals surface area contributed by atoms with Crippen LogP contribution in [0.4, 0.5) is 0 Å². The van der Waals surface area contributed by atoms with E-state index in [2.05, 4.69) is 55.3 Å². The van der Waals surface area contributed by atoms with E-state index >= 15 is 0 Å². The molecule has 0 bridgehead atoms. The van der Waals surface area contributed by atoms with E-state index < -0.39 is 0 Å². The van der Waals surface area contributed by atoms with Crippen LogP contribution in [0.3, 0.4) is 0 Å². The molecule has 33 heavy (non-hydrogen) atoms. The molecule has 4 heterocycles. The van der Waals surface area contributed by atoms with Crippen molar-refractivity contribution in [1.82, 2.24) is 25.0 Å². The average Bonchev–Trinajstić information content (AvgIpc) is 3.62. The molecule has 2 aliphatic heterocycles. The summed E-state index contributed by atoms with van der Waals surface area (Å²) in [6, 6.07) is 14.8. The molecule has 0 spiro atoms. The van der Waals surface area contributed by atoms with Crippen LogP contribution in [0.5, 0.6) is 0 Å². The molecule has 2 aromatic heterocycles. The van der Waals surface area contributed by atoms with E-state index in [4.69, 9.17) is 4.74 Å². The molecule has 3 aromatic rings. The van der Waals surface area contributed by atoms with Gasteiger partial charge in [-0.2, -0.15) is 0 Å². The molecule has 2 fully saturated rings. The van der Waals surface area contributed by atoms with Gasteiger partial charge in [-0.25, -0.2) is 0 Å². The molecule has 2 unspecified atom stereocenters. The van der Waals surface area contributed by atoms with Crippen LogP contribution in [0.2, 0.25) is 0 Å². The van der Waals surface area contributed by atoms with Gasteiger partial charge in [0.15, 0.2) is 11.0 Å². The van der Waals surface area contributed by atoms with Crippen molar-refractivity contribution in [2.24, 2.45) is 0 Å². The zero-order valence-electron chi connectivity index (χ0n) is 18.6. The molecule has 1 aromatic carbocycles. The minimum atomic E-state index is 0.0518. The van der Waals surface area contributed by atoms with Crippen molar-refractivity contribution in [2.45, 2.75) is 49.7 Å². The molecule has 2 aliphatic rings. The van der Waals surface area contributed by atoms with Crippen LogP contribution >= 0.6 is 23.1 Å². The normalized spacial score (nSPS) is 21.0. The molecule has 2 atom stereocenters. The summed E-state index contributed by atoms with van der Waals surface area (Å²) in [7, 11) is 0. The highest BCUT2D eigenvalue weighted by Gasteiger charge is 2.25. The number of carbonyl (C=O) groups is 1. The topological polar surface area (TPSA) is 72.3 Å². The first-order valence-electron chi connectivity index (χ1n) is 11.5. The van der Waals surface area contributed by atoms with E-state index in [1.54, 1.807) is 11.3 Å². The molecule has 0 saturated carbocycles. The maximum Gasteiger partial charge on any atom is 0.230 e. The quantitative estimate of drug-likeness (QED) is 0.468. The Morgan fingerprint density at radius 2 is 2.09 bits per heavy atom. The van der Waals surface area contributed by atoms with Crippen molar-refractivity contribution in [1.29, 1.82) is 0 Å². The summed E-state index contributed by atoms with van der Waals surface area (Å²) in [6.07, 6.45) is 3.31. The number of hydrogen-bond acceptors (Lipinski definition) is 7. The summed E-state index contributed by atoms with van der Waals surface area (Å²) in [5.41, 5.74) is 1.31. The van der Waals surface area contributed by atoms with E-state index in [1.807, 2.05) is 17.5 Å². The predicted molar refractivity (Wildman–Crippen MR) is 131 cm³/mol. The van der Waals surface area contributed by atoms with Gasteiger partial charge in [0.25, 0.3) is 0 Å². The number of likely N-dealkylation sites (tertiary alicyclic amines) is 1. The van der Waals surface area contributed by atoms with Crippen LogP contribution in [0.25, 0.3) is 10.7 Å². The van der Waals surface area contributed by atoms with Gasteiger partial charge in [0, 0.05) is 32.3 Å². The Hall–Kier alpha value is -2.20. The first kappa shape index (κ1) is 22.6. The molecule has 0 radical (unpaired) electrons. The minimum absolute atomic E-state index is 0.0518. The number of nitrogens with one attached hydrogen (secondary N) is 1. The van der Waals surface area contributed by atoms with Gasteiger partial charge in [0.2, 0.25) is 5.91 Å².